The summed E-state index contributed by atoms with van der Waals surface area (Å²) in [5.74, 6) is 0.451. The Balaban J connectivity index is 2.06. The molecule has 1 aromatic carbocycles. The first-order chi connectivity index (χ1) is 11.5. The molecule has 0 radical (unpaired) electrons. The minimum absolute atomic E-state index is 0.171. The van der Waals surface area contributed by atoms with Gasteiger partial charge in [-0.1, -0.05) is 6.58 Å². The van der Waals surface area contributed by atoms with Crippen LogP contribution in [-0.2, 0) is 11.3 Å². The molecule has 1 aromatic heterocycles. The fourth-order valence-corrected chi connectivity index (χ4v) is 2.50. The number of Topliss-reactive ketones (excluding diaryl/α,β-unsaturated/α-hetero) is 1. The maximum Gasteiger partial charge on any atom is 0.247 e. The number of amides is 1. The molecule has 122 valence electrons. The fraction of sp³-hybridized carbons (Fsp3) is 0.167. The van der Waals surface area contributed by atoms with Gasteiger partial charge in [-0.3, -0.25) is 9.59 Å². The van der Waals surface area contributed by atoms with Gasteiger partial charge in [0.25, 0.3) is 0 Å². The summed E-state index contributed by atoms with van der Waals surface area (Å²) in [5, 5.41) is 5.93. The number of rotatable bonds is 3. The molecule has 0 spiro atoms. The number of fused-ring (bicyclic) bond motifs is 2. The van der Waals surface area contributed by atoms with Crippen molar-refractivity contribution in [1.29, 1.82) is 0 Å². The van der Waals surface area contributed by atoms with Crippen LogP contribution < -0.4 is 15.4 Å². The molecule has 6 nitrogen and oxygen atoms in total. The highest BCUT2D eigenvalue weighted by molar-refractivity contribution is 6.06. The summed E-state index contributed by atoms with van der Waals surface area (Å²) in [7, 11) is 0. The summed E-state index contributed by atoms with van der Waals surface area (Å²) >= 11 is 0. The molecule has 3 rings (SSSR count). The molecule has 0 saturated heterocycles. The molecule has 1 amide bonds. The number of aromatic nitrogens is 1. The number of hydrogen-bond acceptors (Lipinski definition) is 5. The Kier molecular flexibility index (Phi) is 4.04. The summed E-state index contributed by atoms with van der Waals surface area (Å²) in [6, 6.07) is 5.31. The molecule has 2 N–H and O–H groups in total. The monoisotopic (exact) mass is 323 g/mol. The van der Waals surface area contributed by atoms with Gasteiger partial charge in [0.05, 0.1) is 11.4 Å². The Bertz CT molecular complexity index is 859. The third-order valence-electron chi connectivity index (χ3n) is 3.69. The second-order valence-corrected chi connectivity index (χ2v) is 5.58. The first-order valence-corrected chi connectivity index (χ1v) is 7.47. The van der Waals surface area contributed by atoms with E-state index >= 15 is 0 Å². The molecule has 0 atom stereocenters. The van der Waals surface area contributed by atoms with Crippen LogP contribution in [-0.4, -0.2) is 16.7 Å². The van der Waals surface area contributed by atoms with Crippen LogP contribution in [0.4, 0.5) is 11.4 Å². The number of anilines is 2. The second-order valence-electron chi connectivity index (χ2n) is 5.58. The smallest absolute Gasteiger partial charge is 0.247 e. The summed E-state index contributed by atoms with van der Waals surface area (Å²) in [6.45, 7) is 7.30. The molecule has 0 saturated carbocycles. The molecule has 0 unspecified atom stereocenters. The van der Waals surface area contributed by atoms with Crippen LogP contribution in [0.1, 0.15) is 28.4 Å². The van der Waals surface area contributed by atoms with Gasteiger partial charge in [0.2, 0.25) is 11.8 Å². The van der Waals surface area contributed by atoms with Crippen molar-refractivity contribution in [3.63, 3.8) is 0 Å². The van der Waals surface area contributed by atoms with E-state index in [2.05, 4.69) is 22.2 Å². The lowest BCUT2D eigenvalue weighted by Crippen LogP contribution is -2.12. The molecule has 0 fully saturated rings. The number of benzene rings is 1. The van der Waals surface area contributed by atoms with Crippen LogP contribution in [0.2, 0.25) is 0 Å². The molecule has 1 aliphatic heterocycles. The van der Waals surface area contributed by atoms with E-state index < -0.39 is 0 Å². The average Bonchev–Trinajstić information content (AvgIpc) is 2.72. The number of ether oxygens (including phenoxy) is 1. The minimum Gasteiger partial charge on any atom is -0.437 e. The van der Waals surface area contributed by atoms with Crippen LogP contribution in [0.5, 0.6) is 11.6 Å². The number of ketones is 1. The number of nitrogens with one attached hydrogen (secondary N) is 2. The molecule has 24 heavy (non-hydrogen) atoms. The summed E-state index contributed by atoms with van der Waals surface area (Å²) < 4.78 is 5.88. The molecule has 2 aromatic rings. The Morgan fingerprint density at radius 3 is 2.88 bits per heavy atom. The zero-order chi connectivity index (χ0) is 17.3. The maximum atomic E-state index is 11.9. The minimum atomic E-state index is -0.375. The number of carbonyl (C=O) groups is 2. The number of nitrogens with zero attached hydrogens (tertiary/aromatic N) is 1. The Labute approximate surface area is 139 Å². The Morgan fingerprint density at radius 1 is 1.38 bits per heavy atom. The van der Waals surface area contributed by atoms with Crippen LogP contribution in [0.3, 0.4) is 0 Å². The molecular formula is C18H17N3O3. The van der Waals surface area contributed by atoms with E-state index in [4.69, 9.17) is 4.74 Å². The Hall–Kier alpha value is -3.15. The van der Waals surface area contributed by atoms with E-state index in [1.165, 1.54) is 6.92 Å². The molecular weight excluding hydrogens is 306 g/mol. The van der Waals surface area contributed by atoms with Gasteiger partial charge >= 0.3 is 0 Å². The standard InChI is InChI=1S/C18H17N3O3/c1-4-17(23)21-14-6-12-9-19-15-5-10(2)8-20-18(15)24-16(12)7-13(14)11(3)22/h4-8,19H,1,9H2,2-3H3,(H,21,23). The zero-order valence-electron chi connectivity index (χ0n) is 13.5. The van der Waals surface area contributed by atoms with E-state index in [0.717, 1.165) is 22.9 Å². The molecule has 6 heteroatoms. The first kappa shape index (κ1) is 15.7. The lowest BCUT2D eigenvalue weighted by atomic mass is 10.0. The van der Waals surface area contributed by atoms with Crippen LogP contribution in [0.25, 0.3) is 0 Å². The normalized spacial score (nSPS) is 11.9. The van der Waals surface area contributed by atoms with Crippen molar-refractivity contribution in [3.8, 4) is 11.6 Å². The van der Waals surface area contributed by atoms with Crippen molar-refractivity contribution >= 4 is 23.1 Å². The van der Waals surface area contributed by atoms with Gasteiger partial charge in [0, 0.05) is 23.9 Å². The highest BCUT2D eigenvalue weighted by Crippen LogP contribution is 2.37. The second kappa shape index (κ2) is 6.16. The van der Waals surface area contributed by atoms with E-state index in [9.17, 15) is 9.59 Å². The first-order valence-electron chi connectivity index (χ1n) is 7.47. The van der Waals surface area contributed by atoms with Crippen LogP contribution in [0, 0.1) is 6.92 Å². The number of hydrogen-bond donors (Lipinski definition) is 2. The van der Waals surface area contributed by atoms with E-state index in [1.807, 2.05) is 13.0 Å². The molecule has 0 bridgehead atoms. The van der Waals surface area contributed by atoms with Crippen molar-refractivity contribution in [2.45, 2.75) is 20.4 Å². The average molecular weight is 323 g/mol. The summed E-state index contributed by atoms with van der Waals surface area (Å²) in [6.07, 6.45) is 2.88. The van der Waals surface area contributed by atoms with Gasteiger partial charge in [0.15, 0.2) is 5.78 Å². The van der Waals surface area contributed by atoms with Gasteiger partial charge in [-0.2, -0.15) is 0 Å². The van der Waals surface area contributed by atoms with Crippen molar-refractivity contribution in [2.75, 3.05) is 10.6 Å². The predicted octanol–water partition coefficient (Wildman–Crippen LogP) is 3.43. The lowest BCUT2D eigenvalue weighted by molar-refractivity contribution is -0.111. The van der Waals surface area contributed by atoms with Gasteiger partial charge < -0.3 is 15.4 Å². The summed E-state index contributed by atoms with van der Waals surface area (Å²) in [4.78, 5) is 27.8. The van der Waals surface area contributed by atoms with Crippen LogP contribution in [0.15, 0.2) is 37.1 Å². The molecule has 0 aliphatic carbocycles. The lowest BCUT2D eigenvalue weighted by Gasteiger charge is -2.13. The largest absolute Gasteiger partial charge is 0.437 e. The van der Waals surface area contributed by atoms with Crippen LogP contribution >= 0.6 is 0 Å². The predicted molar refractivity (Wildman–Crippen MR) is 91.6 cm³/mol. The SMILES string of the molecule is C=CC(=O)Nc1cc2c(cc1C(C)=O)Oc1ncc(C)cc1NC2. The van der Waals surface area contributed by atoms with E-state index in [0.29, 0.717) is 29.4 Å². The quantitative estimate of drug-likeness (QED) is 0.668. The third-order valence-corrected chi connectivity index (χ3v) is 3.69. The van der Waals surface area contributed by atoms with Gasteiger partial charge in [-0.15, -0.1) is 0 Å². The van der Waals surface area contributed by atoms with Crippen molar-refractivity contribution in [2.24, 2.45) is 0 Å². The molecule has 2 heterocycles. The van der Waals surface area contributed by atoms with Gasteiger partial charge in [0.1, 0.15) is 5.75 Å². The Morgan fingerprint density at radius 2 is 2.17 bits per heavy atom. The number of pyridine rings is 1. The zero-order valence-corrected chi connectivity index (χ0v) is 13.5. The van der Waals surface area contributed by atoms with E-state index in [-0.39, 0.29) is 11.7 Å². The number of aryl methyl sites for hydroxylation is 1. The highest BCUT2D eigenvalue weighted by atomic mass is 16.5. The maximum absolute atomic E-state index is 11.9. The third kappa shape index (κ3) is 2.99. The van der Waals surface area contributed by atoms with Crippen molar-refractivity contribution < 1.29 is 14.3 Å². The topological polar surface area (TPSA) is 80.3 Å². The van der Waals surface area contributed by atoms with Gasteiger partial charge in [-0.25, -0.2) is 4.98 Å². The number of carbonyl (C=O) groups excluding carboxylic acids is 2. The van der Waals surface area contributed by atoms with Crippen molar-refractivity contribution in [3.05, 3.63) is 53.7 Å². The van der Waals surface area contributed by atoms with Crippen molar-refractivity contribution in [1.82, 2.24) is 4.98 Å². The molecule has 1 aliphatic rings. The van der Waals surface area contributed by atoms with E-state index in [1.54, 1.807) is 18.3 Å². The van der Waals surface area contributed by atoms with Gasteiger partial charge in [-0.05, 0) is 43.7 Å². The highest BCUT2D eigenvalue weighted by Gasteiger charge is 2.20. The summed E-state index contributed by atoms with van der Waals surface area (Å²) in [5.41, 5.74) is 3.42. The fourth-order valence-electron chi connectivity index (χ4n) is 2.50.